The smallest absolute Gasteiger partial charge is 0.0378 e. The highest BCUT2D eigenvalue weighted by Crippen LogP contribution is 2.27. The molecule has 3 N–H and O–H groups in total. The Balaban J connectivity index is 2.27. The SMILES string of the molecule is CCNC(Cc1cnccc1N)c1ccccc1Br. The van der Waals surface area contributed by atoms with Crippen molar-refractivity contribution in [3.05, 3.63) is 58.3 Å². The minimum atomic E-state index is 0.229. The molecule has 0 amide bonds. The molecule has 1 atom stereocenters. The Morgan fingerprint density at radius 2 is 2.11 bits per heavy atom. The Bertz CT molecular complexity index is 542. The molecule has 0 radical (unpaired) electrons. The maximum Gasteiger partial charge on any atom is 0.0378 e. The predicted molar refractivity (Wildman–Crippen MR) is 82.9 cm³/mol. The standard InChI is InChI=1S/C15H18BrN3/c1-2-19-15(12-5-3-4-6-13(12)16)9-11-10-18-8-7-14(11)17/h3-8,10,15,19H,2,9H2,1H3,(H2,17,18). The molecule has 100 valence electrons. The first-order valence-electron chi connectivity index (χ1n) is 6.38. The van der Waals surface area contributed by atoms with Gasteiger partial charge in [0.2, 0.25) is 0 Å². The van der Waals surface area contributed by atoms with Gasteiger partial charge >= 0.3 is 0 Å². The molecule has 1 aromatic heterocycles. The van der Waals surface area contributed by atoms with Gasteiger partial charge in [-0.15, -0.1) is 0 Å². The molecule has 19 heavy (non-hydrogen) atoms. The zero-order chi connectivity index (χ0) is 13.7. The van der Waals surface area contributed by atoms with E-state index >= 15 is 0 Å². The summed E-state index contributed by atoms with van der Waals surface area (Å²) in [5.41, 5.74) is 9.11. The highest BCUT2D eigenvalue weighted by Gasteiger charge is 2.15. The summed E-state index contributed by atoms with van der Waals surface area (Å²) in [5, 5.41) is 3.50. The van der Waals surface area contributed by atoms with Crippen molar-refractivity contribution in [1.29, 1.82) is 0 Å². The van der Waals surface area contributed by atoms with E-state index in [2.05, 4.69) is 51.4 Å². The van der Waals surface area contributed by atoms with E-state index in [4.69, 9.17) is 5.73 Å². The van der Waals surface area contributed by atoms with Crippen LogP contribution in [0, 0.1) is 0 Å². The molecule has 0 aliphatic rings. The van der Waals surface area contributed by atoms with E-state index in [0.29, 0.717) is 0 Å². The molecule has 0 aliphatic heterocycles. The fourth-order valence-electron chi connectivity index (χ4n) is 2.12. The summed E-state index contributed by atoms with van der Waals surface area (Å²) in [6, 6.07) is 10.3. The van der Waals surface area contributed by atoms with Gasteiger partial charge in [-0.2, -0.15) is 0 Å². The number of nitrogens with one attached hydrogen (secondary N) is 1. The average Bonchev–Trinajstić information content (AvgIpc) is 2.41. The number of nitrogen functional groups attached to an aromatic ring is 1. The van der Waals surface area contributed by atoms with E-state index < -0.39 is 0 Å². The molecule has 0 aliphatic carbocycles. The van der Waals surface area contributed by atoms with Crippen molar-refractivity contribution in [3.63, 3.8) is 0 Å². The molecule has 0 fully saturated rings. The van der Waals surface area contributed by atoms with Crippen molar-refractivity contribution < 1.29 is 0 Å². The van der Waals surface area contributed by atoms with Crippen LogP contribution in [0.4, 0.5) is 5.69 Å². The largest absolute Gasteiger partial charge is 0.398 e. The summed E-state index contributed by atoms with van der Waals surface area (Å²) in [6.07, 6.45) is 4.40. The summed E-state index contributed by atoms with van der Waals surface area (Å²) in [5.74, 6) is 0. The van der Waals surface area contributed by atoms with Gasteiger partial charge < -0.3 is 11.1 Å². The number of pyridine rings is 1. The third kappa shape index (κ3) is 3.55. The first-order chi connectivity index (χ1) is 9.22. The molecular formula is C15H18BrN3. The Morgan fingerprint density at radius 1 is 1.32 bits per heavy atom. The molecule has 1 aromatic carbocycles. The van der Waals surface area contributed by atoms with Crippen LogP contribution in [0.15, 0.2) is 47.2 Å². The van der Waals surface area contributed by atoms with Crippen LogP contribution < -0.4 is 11.1 Å². The Hall–Kier alpha value is -1.39. The van der Waals surface area contributed by atoms with Gasteiger partial charge in [0.15, 0.2) is 0 Å². The first-order valence-corrected chi connectivity index (χ1v) is 7.17. The second kappa shape index (κ2) is 6.68. The number of aromatic nitrogens is 1. The van der Waals surface area contributed by atoms with E-state index in [9.17, 15) is 0 Å². The number of nitrogens with two attached hydrogens (primary N) is 1. The Morgan fingerprint density at radius 3 is 2.79 bits per heavy atom. The molecule has 3 nitrogen and oxygen atoms in total. The third-order valence-electron chi connectivity index (χ3n) is 3.10. The highest BCUT2D eigenvalue weighted by molar-refractivity contribution is 9.10. The maximum atomic E-state index is 6.00. The first kappa shape index (κ1) is 14.0. The minimum Gasteiger partial charge on any atom is -0.398 e. The summed E-state index contributed by atoms with van der Waals surface area (Å²) in [4.78, 5) is 4.16. The van der Waals surface area contributed by atoms with Crippen molar-refractivity contribution in [1.82, 2.24) is 10.3 Å². The molecule has 0 spiro atoms. The van der Waals surface area contributed by atoms with Gasteiger partial charge in [-0.3, -0.25) is 4.98 Å². The minimum absolute atomic E-state index is 0.229. The van der Waals surface area contributed by atoms with Crippen LogP contribution in [0.25, 0.3) is 0 Å². The number of nitrogens with zero attached hydrogens (tertiary/aromatic N) is 1. The quantitative estimate of drug-likeness (QED) is 0.888. The van der Waals surface area contributed by atoms with Crippen LogP contribution in [0.1, 0.15) is 24.1 Å². The van der Waals surface area contributed by atoms with Crippen molar-refractivity contribution >= 4 is 21.6 Å². The number of anilines is 1. The lowest BCUT2D eigenvalue weighted by Gasteiger charge is -2.20. The van der Waals surface area contributed by atoms with E-state index in [1.165, 1.54) is 5.56 Å². The monoisotopic (exact) mass is 319 g/mol. The summed E-state index contributed by atoms with van der Waals surface area (Å²) in [7, 11) is 0. The lowest BCUT2D eigenvalue weighted by atomic mass is 9.99. The zero-order valence-corrected chi connectivity index (χ0v) is 12.5. The maximum absolute atomic E-state index is 6.00. The Labute approximate surface area is 122 Å². The second-order valence-corrected chi connectivity index (χ2v) is 5.26. The van der Waals surface area contributed by atoms with Gasteiger partial charge in [0.05, 0.1) is 0 Å². The van der Waals surface area contributed by atoms with E-state index in [-0.39, 0.29) is 6.04 Å². The van der Waals surface area contributed by atoms with E-state index in [1.54, 1.807) is 6.20 Å². The van der Waals surface area contributed by atoms with Gasteiger partial charge in [0.25, 0.3) is 0 Å². The fourth-order valence-corrected chi connectivity index (χ4v) is 2.69. The number of hydrogen-bond acceptors (Lipinski definition) is 3. The summed E-state index contributed by atoms with van der Waals surface area (Å²) in [6.45, 7) is 3.02. The van der Waals surface area contributed by atoms with Crippen LogP contribution in [-0.2, 0) is 6.42 Å². The number of benzene rings is 1. The van der Waals surface area contributed by atoms with Crippen molar-refractivity contribution in [3.8, 4) is 0 Å². The predicted octanol–water partition coefficient (Wildman–Crippen LogP) is 3.32. The van der Waals surface area contributed by atoms with Crippen molar-refractivity contribution in [2.45, 2.75) is 19.4 Å². The molecule has 0 bridgehead atoms. The fraction of sp³-hybridized carbons (Fsp3) is 0.267. The van der Waals surface area contributed by atoms with Gasteiger partial charge in [0.1, 0.15) is 0 Å². The van der Waals surface area contributed by atoms with Crippen molar-refractivity contribution in [2.24, 2.45) is 0 Å². The lowest BCUT2D eigenvalue weighted by Crippen LogP contribution is -2.23. The molecule has 0 saturated carbocycles. The zero-order valence-electron chi connectivity index (χ0n) is 10.9. The lowest BCUT2D eigenvalue weighted by molar-refractivity contribution is 0.548. The van der Waals surface area contributed by atoms with Crippen LogP contribution in [-0.4, -0.2) is 11.5 Å². The topological polar surface area (TPSA) is 50.9 Å². The van der Waals surface area contributed by atoms with Crippen LogP contribution in [0.2, 0.25) is 0 Å². The van der Waals surface area contributed by atoms with Crippen molar-refractivity contribution in [2.75, 3.05) is 12.3 Å². The molecule has 4 heteroatoms. The van der Waals surface area contributed by atoms with Crippen LogP contribution in [0.3, 0.4) is 0 Å². The number of likely N-dealkylation sites (N-methyl/N-ethyl adjacent to an activating group) is 1. The molecular weight excluding hydrogens is 302 g/mol. The van der Waals surface area contributed by atoms with Gasteiger partial charge in [-0.05, 0) is 36.2 Å². The highest BCUT2D eigenvalue weighted by atomic mass is 79.9. The van der Waals surface area contributed by atoms with Crippen LogP contribution >= 0.6 is 15.9 Å². The number of hydrogen-bond donors (Lipinski definition) is 2. The molecule has 1 unspecified atom stereocenters. The third-order valence-corrected chi connectivity index (χ3v) is 3.82. The molecule has 2 rings (SSSR count). The average molecular weight is 320 g/mol. The van der Waals surface area contributed by atoms with E-state index in [0.717, 1.165) is 28.7 Å². The molecule has 2 aromatic rings. The normalized spacial score (nSPS) is 12.3. The van der Waals surface area contributed by atoms with Gasteiger partial charge in [0, 0.05) is 28.6 Å². The van der Waals surface area contributed by atoms with Crippen LogP contribution in [0.5, 0.6) is 0 Å². The molecule has 1 heterocycles. The van der Waals surface area contributed by atoms with E-state index in [1.807, 2.05) is 18.3 Å². The number of rotatable bonds is 5. The summed E-state index contributed by atoms with van der Waals surface area (Å²) < 4.78 is 1.11. The number of halogens is 1. The summed E-state index contributed by atoms with van der Waals surface area (Å²) >= 11 is 3.61. The Kier molecular flexibility index (Phi) is 4.93. The second-order valence-electron chi connectivity index (χ2n) is 4.41. The van der Waals surface area contributed by atoms with Gasteiger partial charge in [-0.25, -0.2) is 0 Å². The molecule has 0 saturated heterocycles. The van der Waals surface area contributed by atoms with Gasteiger partial charge in [-0.1, -0.05) is 41.1 Å².